The number of imide groups is 1. The molecule has 0 bridgehead atoms. The van der Waals surface area contributed by atoms with E-state index in [1.165, 1.54) is 0 Å². The van der Waals surface area contributed by atoms with Gasteiger partial charge in [0.15, 0.2) is 0 Å². The van der Waals surface area contributed by atoms with Crippen LogP contribution in [0.15, 0.2) is 0 Å². The predicted octanol–water partition coefficient (Wildman–Crippen LogP) is 1.55. The van der Waals surface area contributed by atoms with Gasteiger partial charge >= 0.3 is 6.03 Å². The van der Waals surface area contributed by atoms with Crippen LogP contribution in [-0.2, 0) is 9.59 Å². The number of urea groups is 1. The molecular formula is C16H25N3O3. The van der Waals surface area contributed by atoms with Crippen LogP contribution >= 0.6 is 0 Å². The topological polar surface area (TPSA) is 78.5 Å². The van der Waals surface area contributed by atoms with Crippen LogP contribution in [-0.4, -0.2) is 40.9 Å². The summed E-state index contributed by atoms with van der Waals surface area (Å²) in [7, 11) is 0. The van der Waals surface area contributed by atoms with Gasteiger partial charge in [0.25, 0.3) is 5.91 Å². The van der Waals surface area contributed by atoms with Crippen molar-refractivity contribution in [2.45, 2.75) is 69.9 Å². The van der Waals surface area contributed by atoms with E-state index in [0.717, 1.165) is 49.8 Å². The molecule has 2 N–H and O–H groups in total. The highest BCUT2D eigenvalue weighted by molar-refractivity contribution is 6.09. The van der Waals surface area contributed by atoms with Gasteiger partial charge < -0.3 is 10.6 Å². The Morgan fingerprint density at radius 3 is 2.59 bits per heavy atom. The Kier molecular flexibility index (Phi) is 4.10. The minimum absolute atomic E-state index is 0.126. The standard InChI is InChI=1S/C16H25N3O3/c1-11-6-4-5-9-16(11)14(21)19(15(22)18-16)10-13(20)17-12-7-2-3-8-12/h11-12H,2-10H2,1H3,(H,17,20)(H,18,22)/t11-,16-/m0/s1. The van der Waals surface area contributed by atoms with E-state index in [9.17, 15) is 14.4 Å². The Labute approximate surface area is 131 Å². The van der Waals surface area contributed by atoms with Gasteiger partial charge in [0.1, 0.15) is 12.1 Å². The van der Waals surface area contributed by atoms with Gasteiger partial charge in [-0.2, -0.15) is 0 Å². The van der Waals surface area contributed by atoms with Crippen molar-refractivity contribution in [2.75, 3.05) is 6.54 Å². The van der Waals surface area contributed by atoms with Crippen molar-refractivity contribution in [2.24, 2.45) is 5.92 Å². The Balaban J connectivity index is 1.65. The molecule has 3 rings (SSSR count). The van der Waals surface area contributed by atoms with Crippen LogP contribution in [0.4, 0.5) is 4.79 Å². The number of nitrogens with zero attached hydrogens (tertiary/aromatic N) is 1. The Hall–Kier alpha value is -1.59. The van der Waals surface area contributed by atoms with Gasteiger partial charge in [0.2, 0.25) is 5.91 Å². The van der Waals surface area contributed by atoms with Crippen LogP contribution in [0, 0.1) is 5.92 Å². The van der Waals surface area contributed by atoms with Gasteiger partial charge in [-0.1, -0.05) is 32.6 Å². The Morgan fingerprint density at radius 2 is 1.91 bits per heavy atom. The highest BCUT2D eigenvalue weighted by Crippen LogP contribution is 2.38. The molecule has 2 aliphatic carbocycles. The normalized spacial score (nSPS) is 32.6. The summed E-state index contributed by atoms with van der Waals surface area (Å²) < 4.78 is 0. The zero-order valence-corrected chi connectivity index (χ0v) is 13.2. The summed E-state index contributed by atoms with van der Waals surface area (Å²) >= 11 is 0. The van der Waals surface area contributed by atoms with E-state index < -0.39 is 11.6 Å². The van der Waals surface area contributed by atoms with Gasteiger partial charge in [-0.3, -0.25) is 14.5 Å². The van der Waals surface area contributed by atoms with Crippen LogP contribution in [0.25, 0.3) is 0 Å². The molecule has 0 unspecified atom stereocenters. The number of amides is 4. The number of carbonyl (C=O) groups is 3. The molecule has 0 aromatic rings. The molecule has 0 aromatic carbocycles. The second-order valence-corrected chi connectivity index (χ2v) is 6.99. The van der Waals surface area contributed by atoms with Crippen molar-refractivity contribution in [3.8, 4) is 0 Å². The molecule has 3 fully saturated rings. The molecule has 4 amide bonds. The lowest BCUT2D eigenvalue weighted by Gasteiger charge is -2.36. The van der Waals surface area contributed by atoms with Gasteiger partial charge in [-0.05, 0) is 31.6 Å². The van der Waals surface area contributed by atoms with Crippen molar-refractivity contribution in [3.63, 3.8) is 0 Å². The first-order valence-electron chi connectivity index (χ1n) is 8.46. The smallest absolute Gasteiger partial charge is 0.325 e. The SMILES string of the molecule is C[C@H]1CCCC[C@]12NC(=O)N(CC(=O)NC1CCCC1)C2=O. The molecule has 6 heteroatoms. The summed E-state index contributed by atoms with van der Waals surface area (Å²) in [6, 6.07) is -0.212. The number of hydrogen-bond donors (Lipinski definition) is 2. The number of hydrogen-bond acceptors (Lipinski definition) is 3. The average Bonchev–Trinajstić information content (AvgIpc) is 3.06. The van der Waals surface area contributed by atoms with E-state index in [1.807, 2.05) is 6.92 Å². The Bertz CT molecular complexity index is 487. The van der Waals surface area contributed by atoms with Crippen LogP contribution in [0.3, 0.4) is 0 Å². The molecular weight excluding hydrogens is 282 g/mol. The van der Waals surface area contributed by atoms with Gasteiger partial charge in [-0.25, -0.2) is 4.79 Å². The third-order valence-electron chi connectivity index (χ3n) is 5.52. The minimum atomic E-state index is -0.775. The maximum atomic E-state index is 12.7. The van der Waals surface area contributed by atoms with E-state index in [1.54, 1.807) is 0 Å². The molecule has 2 saturated carbocycles. The summed E-state index contributed by atoms with van der Waals surface area (Å²) in [5, 5.41) is 5.81. The molecule has 3 aliphatic rings. The summed E-state index contributed by atoms with van der Waals surface area (Å²) in [6.07, 6.45) is 7.91. The molecule has 22 heavy (non-hydrogen) atoms. The highest BCUT2D eigenvalue weighted by atomic mass is 16.2. The molecule has 6 nitrogen and oxygen atoms in total. The lowest BCUT2D eigenvalue weighted by atomic mass is 9.73. The van der Waals surface area contributed by atoms with Crippen molar-refractivity contribution < 1.29 is 14.4 Å². The van der Waals surface area contributed by atoms with Gasteiger partial charge in [0.05, 0.1) is 0 Å². The molecule has 2 atom stereocenters. The molecule has 1 spiro atoms. The van der Waals surface area contributed by atoms with Crippen molar-refractivity contribution in [3.05, 3.63) is 0 Å². The Morgan fingerprint density at radius 1 is 1.23 bits per heavy atom. The zero-order chi connectivity index (χ0) is 15.7. The van der Waals surface area contributed by atoms with Crippen LogP contribution < -0.4 is 10.6 Å². The first-order chi connectivity index (χ1) is 10.5. The quantitative estimate of drug-likeness (QED) is 0.776. The fourth-order valence-corrected chi connectivity index (χ4v) is 4.13. The van der Waals surface area contributed by atoms with Crippen LogP contribution in [0.5, 0.6) is 0 Å². The van der Waals surface area contributed by atoms with Crippen LogP contribution in [0.2, 0.25) is 0 Å². The van der Waals surface area contributed by atoms with Crippen molar-refractivity contribution in [1.82, 2.24) is 15.5 Å². The largest absolute Gasteiger partial charge is 0.352 e. The lowest BCUT2D eigenvalue weighted by Crippen LogP contribution is -2.54. The third kappa shape index (κ3) is 2.59. The number of carbonyl (C=O) groups excluding carboxylic acids is 3. The molecule has 1 saturated heterocycles. The van der Waals surface area contributed by atoms with E-state index in [0.29, 0.717) is 6.42 Å². The van der Waals surface area contributed by atoms with E-state index in [4.69, 9.17) is 0 Å². The number of nitrogens with one attached hydrogen (secondary N) is 2. The lowest BCUT2D eigenvalue weighted by molar-refractivity contribution is -0.137. The van der Waals surface area contributed by atoms with Gasteiger partial charge in [-0.15, -0.1) is 0 Å². The highest BCUT2D eigenvalue weighted by Gasteiger charge is 2.55. The van der Waals surface area contributed by atoms with E-state index >= 15 is 0 Å². The molecule has 122 valence electrons. The summed E-state index contributed by atoms with van der Waals surface area (Å²) in [4.78, 5) is 38.1. The molecule has 1 heterocycles. The predicted molar refractivity (Wildman–Crippen MR) is 81.0 cm³/mol. The zero-order valence-electron chi connectivity index (χ0n) is 13.2. The molecule has 1 aliphatic heterocycles. The monoisotopic (exact) mass is 307 g/mol. The molecule has 0 radical (unpaired) electrons. The maximum absolute atomic E-state index is 12.7. The second kappa shape index (κ2) is 5.89. The fraction of sp³-hybridized carbons (Fsp3) is 0.812. The van der Waals surface area contributed by atoms with E-state index in [-0.39, 0.29) is 30.3 Å². The summed E-state index contributed by atoms with van der Waals surface area (Å²) in [6.45, 7) is 1.86. The maximum Gasteiger partial charge on any atom is 0.325 e. The summed E-state index contributed by atoms with van der Waals surface area (Å²) in [5.41, 5.74) is -0.775. The molecule has 0 aromatic heterocycles. The van der Waals surface area contributed by atoms with Crippen LogP contribution in [0.1, 0.15) is 58.3 Å². The van der Waals surface area contributed by atoms with Gasteiger partial charge in [0, 0.05) is 6.04 Å². The second-order valence-electron chi connectivity index (χ2n) is 6.99. The third-order valence-corrected chi connectivity index (χ3v) is 5.52. The number of rotatable bonds is 3. The first-order valence-corrected chi connectivity index (χ1v) is 8.46. The van der Waals surface area contributed by atoms with Crippen molar-refractivity contribution >= 4 is 17.8 Å². The summed E-state index contributed by atoms with van der Waals surface area (Å²) in [5.74, 6) is -0.317. The van der Waals surface area contributed by atoms with Crippen molar-refractivity contribution in [1.29, 1.82) is 0 Å². The average molecular weight is 307 g/mol. The first kappa shape index (κ1) is 15.3. The van der Waals surface area contributed by atoms with E-state index in [2.05, 4.69) is 10.6 Å². The minimum Gasteiger partial charge on any atom is -0.352 e. The fourth-order valence-electron chi connectivity index (χ4n) is 4.13.